The van der Waals surface area contributed by atoms with E-state index in [9.17, 15) is 9.59 Å². The molecule has 0 aliphatic carbocycles. The predicted molar refractivity (Wildman–Crippen MR) is 50.9 cm³/mol. The Labute approximate surface area is 85.2 Å². The first-order chi connectivity index (χ1) is 7.17. The monoisotopic (exact) mass is 213 g/mol. The molecule has 2 amide bonds. The third kappa shape index (κ3) is 2.95. The summed E-state index contributed by atoms with van der Waals surface area (Å²) in [6, 6.07) is -0.617. The van der Waals surface area contributed by atoms with Crippen LogP contribution in [0.2, 0.25) is 0 Å². The van der Waals surface area contributed by atoms with Gasteiger partial charge >= 0.3 is 12.0 Å². The van der Waals surface area contributed by atoms with E-state index in [0.717, 1.165) is 0 Å². The lowest BCUT2D eigenvalue weighted by Crippen LogP contribution is -2.34. The summed E-state index contributed by atoms with van der Waals surface area (Å²) in [6.07, 6.45) is 1.28. The molecule has 5 N–H and O–H groups in total. The number of nitrogens with one attached hydrogen (secondary N) is 3. The largest absolute Gasteiger partial charge is 0.460 e. The minimum Gasteiger partial charge on any atom is -0.460 e. The highest BCUT2D eigenvalue weighted by Crippen LogP contribution is 2.03. The molecule has 0 saturated carbocycles. The number of carbonyl (C=O) groups excluding carboxylic acids is 2. The van der Waals surface area contributed by atoms with Crippen molar-refractivity contribution in [3.8, 4) is 0 Å². The first-order valence-electron chi connectivity index (χ1n) is 4.17. The molecule has 0 unspecified atom stereocenters. The molecular weight excluding hydrogens is 202 g/mol. The van der Waals surface area contributed by atoms with Gasteiger partial charge in [0.2, 0.25) is 5.82 Å². The van der Waals surface area contributed by atoms with Gasteiger partial charge in [0, 0.05) is 0 Å². The van der Waals surface area contributed by atoms with E-state index in [4.69, 9.17) is 5.84 Å². The van der Waals surface area contributed by atoms with Crippen LogP contribution >= 0.6 is 0 Å². The Morgan fingerprint density at radius 3 is 3.00 bits per heavy atom. The smallest absolute Gasteiger partial charge is 0.374 e. The molecule has 0 bridgehead atoms. The number of hydrogen-bond donors (Lipinski definition) is 4. The van der Waals surface area contributed by atoms with Gasteiger partial charge in [-0.3, -0.25) is 10.7 Å². The van der Waals surface area contributed by atoms with E-state index in [0.29, 0.717) is 0 Å². The normalized spacial score (nSPS) is 9.47. The zero-order valence-electron chi connectivity index (χ0n) is 8.03. The van der Waals surface area contributed by atoms with Crippen molar-refractivity contribution in [1.29, 1.82) is 0 Å². The van der Waals surface area contributed by atoms with E-state index < -0.39 is 12.0 Å². The summed E-state index contributed by atoms with van der Waals surface area (Å²) in [5.41, 5.74) is 1.86. The average Bonchev–Trinajstić information content (AvgIpc) is 2.66. The van der Waals surface area contributed by atoms with Crippen LogP contribution in [-0.4, -0.2) is 28.6 Å². The molecular formula is C7H11N5O3. The number of nitrogens with zero attached hydrogens (tertiary/aromatic N) is 1. The number of H-pyrrole nitrogens is 1. The van der Waals surface area contributed by atoms with E-state index in [2.05, 4.69) is 20.0 Å². The van der Waals surface area contributed by atoms with Crippen LogP contribution in [0.15, 0.2) is 6.20 Å². The van der Waals surface area contributed by atoms with E-state index in [-0.39, 0.29) is 18.2 Å². The van der Waals surface area contributed by atoms with Gasteiger partial charge in [0.05, 0.1) is 12.8 Å². The van der Waals surface area contributed by atoms with Crippen LogP contribution in [0.5, 0.6) is 0 Å². The van der Waals surface area contributed by atoms with Gasteiger partial charge in [-0.1, -0.05) is 0 Å². The lowest BCUT2D eigenvalue weighted by molar-refractivity contribution is 0.0513. The summed E-state index contributed by atoms with van der Waals surface area (Å²) in [6.45, 7) is 1.94. The number of aromatic nitrogens is 2. The Morgan fingerprint density at radius 2 is 2.40 bits per heavy atom. The van der Waals surface area contributed by atoms with Gasteiger partial charge in [-0.15, -0.1) is 0 Å². The van der Waals surface area contributed by atoms with Crippen LogP contribution in [0.1, 0.15) is 17.5 Å². The van der Waals surface area contributed by atoms with Gasteiger partial charge in [0.25, 0.3) is 0 Å². The standard InChI is InChI=1S/C7H11N5O3/c1-2-15-6(13)5-9-3-4(10-5)11-7(14)12-8/h3H,2,8H2,1H3,(H,9,10)(H2,11,12,14). The maximum Gasteiger partial charge on any atom is 0.374 e. The molecule has 8 heteroatoms. The van der Waals surface area contributed by atoms with Gasteiger partial charge in [-0.2, -0.15) is 0 Å². The fourth-order valence-electron chi connectivity index (χ4n) is 0.846. The second kappa shape index (κ2) is 4.96. The van der Waals surface area contributed by atoms with Gasteiger partial charge in [-0.25, -0.2) is 20.4 Å². The van der Waals surface area contributed by atoms with E-state index in [1.165, 1.54) is 6.20 Å². The van der Waals surface area contributed by atoms with E-state index in [1.54, 1.807) is 6.92 Å². The first kappa shape index (κ1) is 11.0. The maximum atomic E-state index is 11.1. The second-order valence-corrected chi connectivity index (χ2v) is 2.46. The van der Waals surface area contributed by atoms with Crippen LogP contribution in [-0.2, 0) is 4.74 Å². The minimum atomic E-state index is -0.617. The summed E-state index contributed by atoms with van der Waals surface area (Å²) in [7, 11) is 0. The molecule has 0 saturated heterocycles. The number of hydrazine groups is 1. The van der Waals surface area contributed by atoms with Crippen molar-refractivity contribution in [3.05, 3.63) is 12.0 Å². The molecule has 0 aliphatic rings. The third-order valence-corrected chi connectivity index (χ3v) is 1.42. The predicted octanol–water partition coefficient (Wildman–Crippen LogP) is -0.418. The lowest BCUT2D eigenvalue weighted by Gasteiger charge is -1.99. The van der Waals surface area contributed by atoms with E-state index >= 15 is 0 Å². The molecule has 0 atom stereocenters. The highest BCUT2D eigenvalue weighted by molar-refractivity contribution is 5.89. The van der Waals surface area contributed by atoms with Crippen molar-refractivity contribution in [2.24, 2.45) is 5.84 Å². The maximum absolute atomic E-state index is 11.1. The molecule has 0 radical (unpaired) electrons. The van der Waals surface area contributed by atoms with Crippen molar-refractivity contribution in [2.45, 2.75) is 6.92 Å². The van der Waals surface area contributed by atoms with Crippen molar-refractivity contribution < 1.29 is 14.3 Å². The topological polar surface area (TPSA) is 122 Å². The molecule has 0 spiro atoms. The molecule has 82 valence electrons. The SMILES string of the molecule is CCOC(=O)c1ncc(NC(=O)NN)[nH]1. The molecule has 1 aromatic heterocycles. The number of ether oxygens (including phenoxy) is 1. The van der Waals surface area contributed by atoms with Crippen molar-refractivity contribution >= 4 is 17.8 Å². The molecule has 1 rings (SSSR count). The number of anilines is 1. The Balaban J connectivity index is 2.63. The van der Waals surface area contributed by atoms with Crippen LogP contribution in [0, 0.1) is 0 Å². The Hall–Kier alpha value is -2.09. The number of nitrogens with two attached hydrogens (primary N) is 1. The van der Waals surface area contributed by atoms with Gasteiger partial charge in [0.15, 0.2) is 0 Å². The molecule has 0 fully saturated rings. The number of esters is 1. The van der Waals surface area contributed by atoms with Gasteiger partial charge < -0.3 is 9.72 Å². The number of rotatable bonds is 3. The fraction of sp³-hybridized carbons (Fsp3) is 0.286. The summed E-state index contributed by atoms with van der Waals surface area (Å²) >= 11 is 0. The summed E-state index contributed by atoms with van der Waals surface area (Å²) in [4.78, 5) is 28.2. The van der Waals surface area contributed by atoms with Gasteiger partial charge in [-0.05, 0) is 6.92 Å². The number of aromatic amines is 1. The van der Waals surface area contributed by atoms with Crippen LogP contribution in [0.4, 0.5) is 10.6 Å². The highest BCUT2D eigenvalue weighted by atomic mass is 16.5. The summed E-state index contributed by atoms with van der Waals surface area (Å²) < 4.78 is 4.69. The molecule has 0 aliphatic heterocycles. The number of hydrogen-bond acceptors (Lipinski definition) is 5. The molecule has 1 aromatic rings. The van der Waals surface area contributed by atoms with Crippen molar-refractivity contribution in [2.75, 3.05) is 11.9 Å². The molecule has 8 nitrogen and oxygen atoms in total. The average molecular weight is 213 g/mol. The quantitative estimate of drug-likeness (QED) is 0.235. The number of urea groups is 1. The Bertz CT molecular complexity index is 361. The number of carbonyl (C=O) groups is 2. The Kier molecular flexibility index (Phi) is 3.63. The summed E-state index contributed by atoms with van der Waals surface area (Å²) in [5, 5.41) is 2.31. The molecule has 1 heterocycles. The molecule has 0 aromatic carbocycles. The van der Waals surface area contributed by atoms with Crippen LogP contribution in [0.3, 0.4) is 0 Å². The fourth-order valence-corrected chi connectivity index (χ4v) is 0.846. The zero-order chi connectivity index (χ0) is 11.3. The van der Waals surface area contributed by atoms with Crippen molar-refractivity contribution in [1.82, 2.24) is 15.4 Å². The molecule has 15 heavy (non-hydrogen) atoms. The number of amides is 2. The lowest BCUT2D eigenvalue weighted by atomic mass is 10.6. The minimum absolute atomic E-state index is 0.0178. The van der Waals surface area contributed by atoms with Crippen LogP contribution < -0.4 is 16.6 Å². The van der Waals surface area contributed by atoms with E-state index in [1.807, 2.05) is 5.43 Å². The van der Waals surface area contributed by atoms with Crippen molar-refractivity contribution in [3.63, 3.8) is 0 Å². The van der Waals surface area contributed by atoms with Gasteiger partial charge in [0.1, 0.15) is 5.82 Å². The Morgan fingerprint density at radius 1 is 1.67 bits per heavy atom. The summed E-state index contributed by atoms with van der Waals surface area (Å²) in [5.74, 6) is 4.53. The second-order valence-electron chi connectivity index (χ2n) is 2.46. The number of imidazole rings is 1. The highest BCUT2D eigenvalue weighted by Gasteiger charge is 2.11. The zero-order valence-corrected chi connectivity index (χ0v) is 8.03. The first-order valence-corrected chi connectivity index (χ1v) is 4.17. The third-order valence-electron chi connectivity index (χ3n) is 1.42. The van der Waals surface area contributed by atoms with Crippen LogP contribution in [0.25, 0.3) is 0 Å².